The van der Waals surface area contributed by atoms with Gasteiger partial charge < -0.3 is 13.6 Å². The number of para-hydroxylation sites is 2. The Morgan fingerprint density at radius 2 is 1.94 bits per heavy atom. The standard InChI is InChI=1S/C24H15F3N2O5S/c1-32-17-8-2-5-13-11-15(22(31)34-20(13)17)21(30)29(12-14-6-4-10-33-14)23-28-19-16(24(25,26)27)7-3-9-18(19)35-23/h2-11H,12H2,1H3. The molecule has 5 rings (SSSR count). The fourth-order valence-electron chi connectivity index (χ4n) is 3.64. The summed E-state index contributed by atoms with van der Waals surface area (Å²) in [5.74, 6) is -0.134. The summed E-state index contributed by atoms with van der Waals surface area (Å²) in [7, 11) is 1.42. The van der Waals surface area contributed by atoms with Crippen molar-refractivity contribution in [3.05, 3.63) is 88.2 Å². The molecule has 0 N–H and O–H groups in total. The predicted molar refractivity (Wildman–Crippen MR) is 123 cm³/mol. The number of alkyl halides is 3. The van der Waals surface area contributed by atoms with Crippen LogP contribution in [0.5, 0.6) is 5.75 Å². The highest BCUT2D eigenvalue weighted by Crippen LogP contribution is 2.39. The molecule has 35 heavy (non-hydrogen) atoms. The molecule has 0 aliphatic heterocycles. The van der Waals surface area contributed by atoms with Crippen LogP contribution in [0, 0.1) is 0 Å². The maximum atomic E-state index is 13.6. The fourth-order valence-corrected chi connectivity index (χ4v) is 4.63. The number of furan rings is 1. The minimum atomic E-state index is -4.63. The molecule has 0 fully saturated rings. The summed E-state index contributed by atoms with van der Waals surface area (Å²) in [5.41, 5.74) is -2.27. The van der Waals surface area contributed by atoms with Gasteiger partial charge in [0.05, 0.1) is 35.7 Å². The fraction of sp³-hybridized carbons (Fsp3) is 0.125. The third-order valence-electron chi connectivity index (χ3n) is 5.26. The van der Waals surface area contributed by atoms with Crippen molar-refractivity contribution in [2.45, 2.75) is 12.7 Å². The summed E-state index contributed by atoms with van der Waals surface area (Å²) in [6, 6.07) is 13.2. The smallest absolute Gasteiger partial charge is 0.418 e. The number of hydrogen-bond acceptors (Lipinski definition) is 7. The molecule has 3 heterocycles. The first-order chi connectivity index (χ1) is 16.8. The second-order valence-electron chi connectivity index (χ2n) is 7.44. The van der Waals surface area contributed by atoms with E-state index in [0.717, 1.165) is 22.3 Å². The monoisotopic (exact) mass is 500 g/mol. The molecule has 0 aliphatic carbocycles. The number of fused-ring (bicyclic) bond motifs is 2. The zero-order valence-electron chi connectivity index (χ0n) is 18.0. The molecule has 2 aromatic carbocycles. The maximum Gasteiger partial charge on any atom is 0.418 e. The van der Waals surface area contributed by atoms with E-state index < -0.39 is 23.3 Å². The largest absolute Gasteiger partial charge is 0.493 e. The number of halogens is 3. The Balaban J connectivity index is 1.65. The van der Waals surface area contributed by atoms with Crippen LogP contribution in [0.4, 0.5) is 18.3 Å². The minimum absolute atomic E-state index is 0.0248. The van der Waals surface area contributed by atoms with Crippen molar-refractivity contribution in [2.75, 3.05) is 12.0 Å². The van der Waals surface area contributed by atoms with Crippen LogP contribution in [-0.2, 0) is 12.7 Å². The average molecular weight is 500 g/mol. The molecule has 0 spiro atoms. The molecule has 0 bridgehead atoms. The topological polar surface area (TPSA) is 85.8 Å². The van der Waals surface area contributed by atoms with E-state index in [9.17, 15) is 22.8 Å². The molecule has 0 saturated carbocycles. The van der Waals surface area contributed by atoms with Crippen LogP contribution in [-0.4, -0.2) is 18.0 Å². The number of anilines is 1. The van der Waals surface area contributed by atoms with Gasteiger partial charge in [-0.25, -0.2) is 9.78 Å². The van der Waals surface area contributed by atoms with Gasteiger partial charge in [-0.1, -0.05) is 29.5 Å². The molecule has 1 amide bonds. The molecule has 3 aromatic heterocycles. The first kappa shape index (κ1) is 22.7. The molecule has 178 valence electrons. The first-order valence-electron chi connectivity index (χ1n) is 10.2. The van der Waals surface area contributed by atoms with Crippen molar-refractivity contribution >= 4 is 43.6 Å². The number of aromatic nitrogens is 1. The van der Waals surface area contributed by atoms with Gasteiger partial charge in [0.15, 0.2) is 16.5 Å². The number of ether oxygens (including phenoxy) is 1. The van der Waals surface area contributed by atoms with Crippen molar-refractivity contribution in [1.82, 2.24) is 4.98 Å². The second kappa shape index (κ2) is 8.58. The molecular formula is C24H15F3N2O5S. The van der Waals surface area contributed by atoms with Crippen LogP contribution in [0.1, 0.15) is 21.7 Å². The zero-order chi connectivity index (χ0) is 24.7. The lowest BCUT2D eigenvalue weighted by molar-refractivity contribution is -0.136. The summed E-state index contributed by atoms with van der Waals surface area (Å²) in [5, 5.41) is 0.414. The summed E-state index contributed by atoms with van der Waals surface area (Å²) in [4.78, 5) is 31.6. The Morgan fingerprint density at radius 3 is 2.66 bits per heavy atom. The van der Waals surface area contributed by atoms with E-state index in [0.29, 0.717) is 16.9 Å². The van der Waals surface area contributed by atoms with Crippen molar-refractivity contribution < 1.29 is 31.5 Å². The lowest BCUT2D eigenvalue weighted by Crippen LogP contribution is -2.33. The van der Waals surface area contributed by atoms with E-state index in [1.165, 1.54) is 31.6 Å². The maximum absolute atomic E-state index is 13.6. The number of carbonyl (C=O) groups excluding carboxylic acids is 1. The van der Waals surface area contributed by atoms with Crippen LogP contribution in [0.15, 0.2) is 74.5 Å². The highest BCUT2D eigenvalue weighted by molar-refractivity contribution is 7.22. The average Bonchev–Trinajstić information content (AvgIpc) is 3.50. The van der Waals surface area contributed by atoms with Gasteiger partial charge in [0.2, 0.25) is 0 Å². The van der Waals surface area contributed by atoms with Crippen LogP contribution in [0.3, 0.4) is 0 Å². The molecule has 5 aromatic rings. The van der Waals surface area contributed by atoms with Crippen LogP contribution in [0.2, 0.25) is 0 Å². The summed E-state index contributed by atoms with van der Waals surface area (Å²) in [6.07, 6.45) is -3.23. The molecule has 7 nitrogen and oxygen atoms in total. The van der Waals surface area contributed by atoms with Gasteiger partial charge in [0.25, 0.3) is 5.91 Å². The van der Waals surface area contributed by atoms with Gasteiger partial charge in [0, 0.05) is 5.39 Å². The first-order valence-corrected chi connectivity index (χ1v) is 11.0. The van der Waals surface area contributed by atoms with Gasteiger partial charge in [-0.15, -0.1) is 0 Å². The third-order valence-corrected chi connectivity index (χ3v) is 6.30. The van der Waals surface area contributed by atoms with Gasteiger partial charge >= 0.3 is 11.8 Å². The van der Waals surface area contributed by atoms with Gasteiger partial charge in [-0.05, 0) is 36.4 Å². The molecule has 0 unspecified atom stereocenters. The number of benzene rings is 2. The van der Waals surface area contributed by atoms with E-state index in [1.807, 2.05) is 0 Å². The summed E-state index contributed by atoms with van der Waals surface area (Å²) < 4.78 is 56.7. The van der Waals surface area contributed by atoms with E-state index in [4.69, 9.17) is 13.6 Å². The Kier molecular flexibility index (Phi) is 5.56. The number of hydrogen-bond donors (Lipinski definition) is 0. The van der Waals surface area contributed by atoms with Crippen LogP contribution in [0.25, 0.3) is 21.2 Å². The number of rotatable bonds is 5. The van der Waals surface area contributed by atoms with Crippen LogP contribution < -0.4 is 15.3 Å². The number of carbonyl (C=O) groups is 1. The summed E-state index contributed by atoms with van der Waals surface area (Å²) >= 11 is 0.896. The zero-order valence-corrected chi connectivity index (χ0v) is 18.8. The lowest BCUT2D eigenvalue weighted by atomic mass is 10.1. The second-order valence-corrected chi connectivity index (χ2v) is 8.45. The summed E-state index contributed by atoms with van der Waals surface area (Å²) in [6.45, 7) is -0.164. The quantitative estimate of drug-likeness (QED) is 0.281. The number of nitrogens with zero attached hydrogens (tertiary/aromatic N) is 2. The molecule has 0 radical (unpaired) electrons. The minimum Gasteiger partial charge on any atom is -0.493 e. The predicted octanol–water partition coefficient (Wildman–Crippen LogP) is 5.87. The SMILES string of the molecule is COc1cccc2cc(C(=O)N(Cc3ccco3)c3nc4c(C(F)(F)F)cccc4s3)c(=O)oc12. The van der Waals surface area contributed by atoms with Crippen LogP contribution >= 0.6 is 11.3 Å². The normalized spacial score (nSPS) is 11.8. The van der Waals surface area contributed by atoms with E-state index in [1.54, 1.807) is 30.3 Å². The third kappa shape index (κ3) is 4.14. The van der Waals surface area contributed by atoms with E-state index in [2.05, 4.69) is 4.98 Å². The van der Waals surface area contributed by atoms with Gasteiger partial charge in [-0.3, -0.25) is 9.69 Å². The molecule has 11 heteroatoms. The van der Waals surface area contributed by atoms with Gasteiger partial charge in [0.1, 0.15) is 11.3 Å². The molecule has 0 saturated heterocycles. The van der Waals surface area contributed by atoms with Crippen molar-refractivity contribution in [1.29, 1.82) is 0 Å². The molecular weight excluding hydrogens is 485 g/mol. The highest BCUT2D eigenvalue weighted by atomic mass is 32.1. The number of methoxy groups -OCH3 is 1. The van der Waals surface area contributed by atoms with Crippen molar-refractivity contribution in [2.24, 2.45) is 0 Å². The van der Waals surface area contributed by atoms with Crippen molar-refractivity contribution in [3.63, 3.8) is 0 Å². The Morgan fingerprint density at radius 1 is 1.14 bits per heavy atom. The number of amides is 1. The Hall–Kier alpha value is -4.12. The highest BCUT2D eigenvalue weighted by Gasteiger charge is 2.35. The molecule has 0 atom stereocenters. The Bertz CT molecular complexity index is 1610. The van der Waals surface area contributed by atoms with Crippen molar-refractivity contribution in [3.8, 4) is 5.75 Å². The van der Waals surface area contributed by atoms with E-state index in [-0.39, 0.29) is 33.0 Å². The van der Waals surface area contributed by atoms with Gasteiger partial charge in [-0.2, -0.15) is 13.2 Å². The lowest BCUT2D eigenvalue weighted by Gasteiger charge is -2.18. The Labute approximate surface area is 199 Å². The molecule has 0 aliphatic rings. The van der Waals surface area contributed by atoms with E-state index >= 15 is 0 Å². The number of thiazole rings is 1.